The monoisotopic (exact) mass is 341 g/mol. The molecule has 0 saturated heterocycles. The third-order valence-electron chi connectivity index (χ3n) is 5.83. The Bertz CT molecular complexity index is 464. The van der Waals surface area contributed by atoms with Gasteiger partial charge in [0.15, 0.2) is 0 Å². The number of hydrogen-bond donors (Lipinski definition) is 2. The zero-order valence-corrected chi connectivity index (χ0v) is 17.4. The fourth-order valence-corrected chi connectivity index (χ4v) is 3.34. The smallest absolute Gasteiger partial charge is 0.307 e. The second-order valence-corrected chi connectivity index (χ2v) is 10.8. The van der Waals surface area contributed by atoms with Gasteiger partial charge >= 0.3 is 5.97 Å². The maximum Gasteiger partial charge on any atom is 0.307 e. The summed E-state index contributed by atoms with van der Waals surface area (Å²) < 4.78 is 0. The van der Waals surface area contributed by atoms with E-state index in [-0.39, 0.29) is 28.1 Å². The fourth-order valence-electron chi connectivity index (χ4n) is 3.34. The Morgan fingerprint density at radius 2 is 1.25 bits per heavy atom. The number of amides is 1. The molecule has 2 atom stereocenters. The van der Waals surface area contributed by atoms with Gasteiger partial charge < -0.3 is 10.8 Å². The Morgan fingerprint density at radius 3 is 1.50 bits per heavy atom. The standard InChI is InChI=1S/C20H39NO3/c1-17(2,3)11-14(16(23)24)20(9,10)19(7,8)12-13(15(21)22)18(4,5)6/h13-14H,11-12H2,1-10H3,(H2,21,22)(H,23,24). The maximum absolute atomic E-state index is 12.0. The molecule has 0 radical (unpaired) electrons. The predicted molar refractivity (Wildman–Crippen MR) is 99.5 cm³/mol. The van der Waals surface area contributed by atoms with Gasteiger partial charge in [-0.2, -0.15) is 0 Å². The van der Waals surface area contributed by atoms with Gasteiger partial charge in [0.2, 0.25) is 5.91 Å². The average molecular weight is 342 g/mol. The molecule has 0 aromatic rings. The first-order valence-electron chi connectivity index (χ1n) is 8.85. The summed E-state index contributed by atoms with van der Waals surface area (Å²) in [6.45, 7) is 20.4. The average Bonchev–Trinajstić information content (AvgIpc) is 2.29. The summed E-state index contributed by atoms with van der Waals surface area (Å²) in [4.78, 5) is 24.0. The van der Waals surface area contributed by atoms with Gasteiger partial charge in [0.05, 0.1) is 5.92 Å². The molecule has 0 saturated carbocycles. The van der Waals surface area contributed by atoms with E-state index in [1.807, 2.05) is 34.6 Å². The lowest BCUT2D eigenvalue weighted by molar-refractivity contribution is -0.153. The zero-order chi connectivity index (χ0) is 19.7. The summed E-state index contributed by atoms with van der Waals surface area (Å²) in [5.41, 5.74) is 4.49. The number of carbonyl (C=O) groups excluding carboxylic acids is 1. The van der Waals surface area contributed by atoms with Crippen molar-refractivity contribution in [3.8, 4) is 0 Å². The van der Waals surface area contributed by atoms with Crippen molar-refractivity contribution in [3.05, 3.63) is 0 Å². The highest BCUT2D eigenvalue weighted by Crippen LogP contribution is 2.52. The molecular weight excluding hydrogens is 302 g/mol. The first kappa shape index (κ1) is 22.9. The lowest BCUT2D eigenvalue weighted by atomic mass is 9.54. The highest BCUT2D eigenvalue weighted by molar-refractivity contribution is 5.77. The van der Waals surface area contributed by atoms with Crippen LogP contribution < -0.4 is 5.73 Å². The SMILES string of the molecule is CC(C)(C)CC(C(=O)O)C(C)(C)C(C)(C)CC(C(N)=O)C(C)(C)C. The predicted octanol–water partition coefficient (Wildman–Crippen LogP) is 4.71. The van der Waals surface area contributed by atoms with Crippen molar-refractivity contribution in [2.24, 2.45) is 39.2 Å². The van der Waals surface area contributed by atoms with E-state index in [0.717, 1.165) is 0 Å². The quantitative estimate of drug-likeness (QED) is 0.703. The van der Waals surface area contributed by atoms with Crippen molar-refractivity contribution in [1.29, 1.82) is 0 Å². The fraction of sp³-hybridized carbons (Fsp3) is 0.900. The first-order valence-corrected chi connectivity index (χ1v) is 8.85. The van der Waals surface area contributed by atoms with Crippen LogP contribution in [-0.4, -0.2) is 17.0 Å². The molecule has 2 unspecified atom stereocenters. The molecule has 3 N–H and O–H groups in total. The Balaban J connectivity index is 5.77. The minimum atomic E-state index is -0.769. The van der Waals surface area contributed by atoms with Crippen molar-refractivity contribution in [1.82, 2.24) is 0 Å². The largest absolute Gasteiger partial charge is 0.481 e. The molecule has 0 aliphatic rings. The van der Waals surface area contributed by atoms with E-state index in [1.54, 1.807) is 0 Å². The van der Waals surface area contributed by atoms with Crippen LogP contribution in [0.3, 0.4) is 0 Å². The molecule has 0 aromatic carbocycles. The third-order valence-corrected chi connectivity index (χ3v) is 5.83. The van der Waals surface area contributed by atoms with E-state index in [0.29, 0.717) is 12.8 Å². The summed E-state index contributed by atoms with van der Waals surface area (Å²) in [5.74, 6) is -1.86. The van der Waals surface area contributed by atoms with Crippen molar-refractivity contribution >= 4 is 11.9 Å². The van der Waals surface area contributed by atoms with E-state index in [4.69, 9.17) is 5.73 Å². The third kappa shape index (κ3) is 5.78. The number of primary amides is 1. The van der Waals surface area contributed by atoms with Crippen LogP contribution in [0, 0.1) is 33.5 Å². The molecule has 0 heterocycles. The van der Waals surface area contributed by atoms with Crippen LogP contribution in [-0.2, 0) is 9.59 Å². The van der Waals surface area contributed by atoms with Gasteiger partial charge in [0, 0.05) is 5.92 Å². The summed E-state index contributed by atoms with van der Waals surface area (Å²) in [5, 5.41) is 9.85. The molecule has 0 bridgehead atoms. The second-order valence-electron chi connectivity index (χ2n) is 10.8. The van der Waals surface area contributed by atoms with Gasteiger partial charge in [-0.1, -0.05) is 69.2 Å². The summed E-state index contributed by atoms with van der Waals surface area (Å²) >= 11 is 0. The molecule has 0 spiro atoms. The van der Waals surface area contributed by atoms with E-state index in [2.05, 4.69) is 34.6 Å². The molecule has 0 rings (SSSR count). The number of carboxylic acid groups (broad SMARTS) is 1. The Kier molecular flexibility index (Phi) is 6.74. The minimum absolute atomic E-state index is 0.0798. The van der Waals surface area contributed by atoms with Gasteiger partial charge in [-0.15, -0.1) is 0 Å². The zero-order valence-electron chi connectivity index (χ0n) is 17.4. The summed E-state index contributed by atoms with van der Waals surface area (Å²) in [6, 6.07) is 0. The van der Waals surface area contributed by atoms with E-state index in [1.165, 1.54) is 0 Å². The Hall–Kier alpha value is -1.06. The minimum Gasteiger partial charge on any atom is -0.481 e. The van der Waals surface area contributed by atoms with Crippen LogP contribution in [0.4, 0.5) is 0 Å². The topological polar surface area (TPSA) is 80.4 Å². The van der Waals surface area contributed by atoms with E-state index < -0.39 is 17.3 Å². The maximum atomic E-state index is 12.0. The first-order chi connectivity index (χ1) is 10.3. The van der Waals surface area contributed by atoms with Gasteiger partial charge in [0.1, 0.15) is 0 Å². The van der Waals surface area contributed by atoms with Crippen LogP contribution in [0.2, 0.25) is 0 Å². The molecule has 4 heteroatoms. The van der Waals surface area contributed by atoms with E-state index >= 15 is 0 Å². The summed E-state index contributed by atoms with van der Waals surface area (Å²) in [7, 11) is 0. The van der Waals surface area contributed by atoms with Gasteiger partial charge in [-0.3, -0.25) is 9.59 Å². The van der Waals surface area contributed by atoms with Crippen molar-refractivity contribution in [3.63, 3.8) is 0 Å². The summed E-state index contributed by atoms with van der Waals surface area (Å²) in [6.07, 6.45) is 1.17. The van der Waals surface area contributed by atoms with Crippen molar-refractivity contribution < 1.29 is 14.7 Å². The number of carbonyl (C=O) groups is 2. The lowest BCUT2D eigenvalue weighted by Crippen LogP contribution is -2.47. The second kappa shape index (κ2) is 7.05. The highest BCUT2D eigenvalue weighted by Gasteiger charge is 2.49. The number of nitrogens with two attached hydrogens (primary N) is 1. The molecule has 24 heavy (non-hydrogen) atoms. The molecular formula is C20H39NO3. The van der Waals surface area contributed by atoms with Crippen LogP contribution in [0.15, 0.2) is 0 Å². The van der Waals surface area contributed by atoms with Crippen LogP contribution in [0.1, 0.15) is 82.1 Å². The van der Waals surface area contributed by atoms with E-state index in [9.17, 15) is 14.7 Å². The highest BCUT2D eigenvalue weighted by atomic mass is 16.4. The van der Waals surface area contributed by atoms with Gasteiger partial charge in [-0.05, 0) is 34.5 Å². The normalized spacial score (nSPS) is 16.6. The van der Waals surface area contributed by atoms with Crippen molar-refractivity contribution in [2.75, 3.05) is 0 Å². The Labute approximate surface area is 148 Å². The molecule has 142 valence electrons. The number of aliphatic carboxylic acids is 1. The van der Waals surface area contributed by atoms with Crippen LogP contribution in [0.5, 0.6) is 0 Å². The Morgan fingerprint density at radius 1 is 0.833 bits per heavy atom. The lowest BCUT2D eigenvalue weighted by Gasteiger charge is -2.49. The number of carboxylic acids is 1. The van der Waals surface area contributed by atoms with Crippen LogP contribution in [0.25, 0.3) is 0 Å². The molecule has 0 aliphatic carbocycles. The molecule has 0 fully saturated rings. The molecule has 4 nitrogen and oxygen atoms in total. The van der Waals surface area contributed by atoms with Crippen LogP contribution >= 0.6 is 0 Å². The molecule has 0 aliphatic heterocycles. The molecule has 1 amide bonds. The number of hydrogen-bond acceptors (Lipinski definition) is 2. The van der Waals surface area contributed by atoms with Crippen molar-refractivity contribution in [2.45, 2.75) is 82.1 Å². The molecule has 0 aromatic heterocycles. The number of rotatable bonds is 7. The van der Waals surface area contributed by atoms with Gasteiger partial charge in [0.25, 0.3) is 0 Å². The van der Waals surface area contributed by atoms with Gasteiger partial charge in [-0.25, -0.2) is 0 Å².